The second-order valence-electron chi connectivity index (χ2n) is 11.8. The van der Waals surface area contributed by atoms with Crippen LogP contribution in [0, 0.1) is 5.92 Å². The third kappa shape index (κ3) is 5.39. The summed E-state index contributed by atoms with van der Waals surface area (Å²) in [6, 6.07) is 19.1. The normalized spacial score (nSPS) is 18.8. The van der Waals surface area contributed by atoms with Crippen molar-refractivity contribution >= 4 is 46.0 Å². The van der Waals surface area contributed by atoms with Gasteiger partial charge in [-0.05, 0) is 65.3 Å². The van der Waals surface area contributed by atoms with Crippen LogP contribution in [0.15, 0.2) is 73.1 Å². The minimum absolute atomic E-state index is 0.0644. The van der Waals surface area contributed by atoms with E-state index in [9.17, 15) is 19.2 Å². The molecule has 0 saturated carbocycles. The van der Waals surface area contributed by atoms with Crippen LogP contribution in [0.25, 0.3) is 21.9 Å². The Morgan fingerprint density at radius 2 is 1.68 bits per heavy atom. The molecule has 0 radical (unpaired) electrons. The number of carbonyl (C=O) groups excluding carboxylic acids is 4. The van der Waals surface area contributed by atoms with Crippen molar-refractivity contribution in [3.63, 3.8) is 0 Å². The number of amides is 4. The lowest BCUT2D eigenvalue weighted by Gasteiger charge is -2.31. The lowest BCUT2D eigenvalue weighted by molar-refractivity contribution is -0.137. The zero-order valence-electron chi connectivity index (χ0n) is 24.2. The van der Waals surface area contributed by atoms with Gasteiger partial charge in [-0.1, -0.05) is 42.5 Å². The van der Waals surface area contributed by atoms with Crippen LogP contribution >= 0.6 is 0 Å². The number of anilines is 2. The Balaban J connectivity index is 0.923. The van der Waals surface area contributed by atoms with Crippen molar-refractivity contribution in [3.8, 4) is 11.1 Å². The molecule has 2 saturated heterocycles. The van der Waals surface area contributed by atoms with E-state index in [1.54, 1.807) is 18.2 Å². The first-order valence-corrected chi connectivity index (χ1v) is 15.1. The fourth-order valence-electron chi connectivity index (χ4n) is 6.56. The number of benzene rings is 3. The van der Waals surface area contributed by atoms with E-state index in [-0.39, 0.29) is 36.6 Å². The third-order valence-electron chi connectivity index (χ3n) is 8.92. The second-order valence-corrected chi connectivity index (χ2v) is 11.8. The Labute approximate surface area is 254 Å². The van der Waals surface area contributed by atoms with Gasteiger partial charge in [-0.25, -0.2) is 9.97 Å². The molecule has 3 aromatic carbocycles. The smallest absolute Gasteiger partial charge is 0.255 e. The van der Waals surface area contributed by atoms with E-state index < -0.39 is 11.9 Å². The minimum atomic E-state index is -0.663. The number of carbonyl (C=O) groups is 4. The van der Waals surface area contributed by atoms with Crippen molar-refractivity contribution in [2.45, 2.75) is 44.7 Å². The number of aromatic nitrogens is 2. The standard InChI is InChI=1S/C34H32N6O4/c41-30-11-10-29(32(43)38-30)40-20-23-17-25(8-9-28(23)33(40)44)37-31(42)16-21-12-14-39(15-13-21)34-35-18-24(19-36-34)27-7-3-5-22-4-1-2-6-26(22)27/h1-9,17-19,21,29H,10-16,20H2,(H,37,42)(H,38,41,43). The first-order valence-electron chi connectivity index (χ1n) is 15.1. The summed E-state index contributed by atoms with van der Waals surface area (Å²) >= 11 is 0. The van der Waals surface area contributed by atoms with Crippen LogP contribution in [-0.4, -0.2) is 57.6 Å². The quantitative estimate of drug-likeness (QED) is 0.322. The highest BCUT2D eigenvalue weighted by Crippen LogP contribution is 2.31. The Morgan fingerprint density at radius 3 is 2.48 bits per heavy atom. The number of hydrogen-bond acceptors (Lipinski definition) is 7. The van der Waals surface area contributed by atoms with Gasteiger partial charge >= 0.3 is 0 Å². The molecule has 4 aromatic rings. The van der Waals surface area contributed by atoms with Gasteiger partial charge < -0.3 is 15.1 Å². The van der Waals surface area contributed by atoms with Crippen LogP contribution in [0.1, 0.15) is 48.0 Å². The van der Waals surface area contributed by atoms with E-state index in [4.69, 9.17) is 0 Å². The maximum absolute atomic E-state index is 12.9. The second kappa shape index (κ2) is 11.5. The SMILES string of the molecule is O=C1CCC(N2Cc3cc(NC(=O)CC4CCN(c5ncc(-c6cccc7ccccc67)cn5)CC4)ccc3C2=O)C(=O)N1. The molecule has 0 spiro atoms. The molecule has 10 nitrogen and oxygen atoms in total. The molecule has 1 unspecified atom stereocenters. The van der Waals surface area contributed by atoms with Crippen molar-refractivity contribution in [2.75, 3.05) is 23.3 Å². The predicted octanol–water partition coefficient (Wildman–Crippen LogP) is 4.30. The van der Waals surface area contributed by atoms with Crippen LogP contribution in [0.2, 0.25) is 0 Å². The van der Waals surface area contributed by atoms with E-state index in [1.165, 1.54) is 15.7 Å². The van der Waals surface area contributed by atoms with Crippen LogP contribution in [-0.2, 0) is 20.9 Å². The number of rotatable bonds is 6. The summed E-state index contributed by atoms with van der Waals surface area (Å²) in [6.45, 7) is 1.83. The maximum atomic E-state index is 12.9. The zero-order chi connectivity index (χ0) is 30.2. The van der Waals surface area contributed by atoms with Gasteiger partial charge in [0.05, 0.1) is 0 Å². The molecule has 7 rings (SSSR count). The fraction of sp³-hybridized carbons (Fsp3) is 0.294. The van der Waals surface area contributed by atoms with Gasteiger partial charge in [0.25, 0.3) is 5.91 Å². The fourth-order valence-corrected chi connectivity index (χ4v) is 6.56. The summed E-state index contributed by atoms with van der Waals surface area (Å²) in [5.74, 6) is -0.0924. The van der Waals surface area contributed by atoms with Crippen LogP contribution in [0.4, 0.5) is 11.6 Å². The minimum Gasteiger partial charge on any atom is -0.341 e. The molecule has 0 bridgehead atoms. The molecule has 3 aliphatic rings. The van der Waals surface area contributed by atoms with Gasteiger partial charge in [0.15, 0.2) is 0 Å². The summed E-state index contributed by atoms with van der Waals surface area (Å²) in [7, 11) is 0. The van der Waals surface area contributed by atoms with E-state index in [1.807, 2.05) is 24.5 Å². The molecule has 3 aliphatic heterocycles. The summed E-state index contributed by atoms with van der Waals surface area (Å²) < 4.78 is 0. The van der Waals surface area contributed by atoms with Gasteiger partial charge in [0.2, 0.25) is 23.7 Å². The molecule has 4 heterocycles. The first-order chi connectivity index (χ1) is 21.4. The monoisotopic (exact) mass is 588 g/mol. The lowest BCUT2D eigenvalue weighted by Crippen LogP contribution is -2.52. The topological polar surface area (TPSA) is 125 Å². The van der Waals surface area contributed by atoms with Gasteiger partial charge in [-0.15, -0.1) is 0 Å². The van der Waals surface area contributed by atoms with Crippen molar-refractivity contribution in [1.29, 1.82) is 0 Å². The maximum Gasteiger partial charge on any atom is 0.255 e. The van der Waals surface area contributed by atoms with E-state index >= 15 is 0 Å². The molecule has 2 fully saturated rings. The number of fused-ring (bicyclic) bond motifs is 2. The zero-order valence-corrected chi connectivity index (χ0v) is 24.2. The molecular formula is C34H32N6O4. The molecule has 10 heteroatoms. The van der Waals surface area contributed by atoms with Crippen molar-refractivity contribution in [2.24, 2.45) is 5.92 Å². The van der Waals surface area contributed by atoms with Gasteiger partial charge in [0.1, 0.15) is 6.04 Å². The molecule has 44 heavy (non-hydrogen) atoms. The van der Waals surface area contributed by atoms with E-state index in [0.717, 1.165) is 42.6 Å². The van der Waals surface area contributed by atoms with Crippen LogP contribution in [0.3, 0.4) is 0 Å². The molecule has 4 amide bonds. The van der Waals surface area contributed by atoms with E-state index in [0.29, 0.717) is 30.0 Å². The highest BCUT2D eigenvalue weighted by Gasteiger charge is 2.39. The third-order valence-corrected chi connectivity index (χ3v) is 8.92. The van der Waals surface area contributed by atoms with Gasteiger partial charge in [-0.3, -0.25) is 24.5 Å². The summed E-state index contributed by atoms with van der Waals surface area (Å²) in [6.07, 6.45) is 6.43. The molecule has 1 aromatic heterocycles. The lowest BCUT2D eigenvalue weighted by atomic mass is 9.93. The average molecular weight is 589 g/mol. The number of nitrogens with zero attached hydrogens (tertiary/aromatic N) is 4. The molecule has 2 N–H and O–H groups in total. The number of hydrogen-bond donors (Lipinski definition) is 2. The summed E-state index contributed by atoms with van der Waals surface area (Å²) in [5.41, 5.74) is 4.01. The first kappa shape index (κ1) is 27.7. The molecular weight excluding hydrogens is 556 g/mol. The van der Waals surface area contributed by atoms with Crippen molar-refractivity contribution in [1.82, 2.24) is 20.2 Å². The summed E-state index contributed by atoms with van der Waals surface area (Å²) in [5, 5.41) is 7.66. The highest BCUT2D eigenvalue weighted by atomic mass is 16.2. The largest absolute Gasteiger partial charge is 0.341 e. The molecule has 0 aliphatic carbocycles. The Hall–Kier alpha value is -5.12. The van der Waals surface area contributed by atoms with Crippen LogP contribution in [0.5, 0.6) is 0 Å². The van der Waals surface area contributed by atoms with E-state index in [2.05, 4.69) is 55.8 Å². The number of nitrogens with one attached hydrogen (secondary N) is 2. The van der Waals surface area contributed by atoms with Crippen molar-refractivity contribution < 1.29 is 19.2 Å². The Kier molecular flexibility index (Phi) is 7.25. The number of imide groups is 1. The Morgan fingerprint density at radius 1 is 0.909 bits per heavy atom. The summed E-state index contributed by atoms with van der Waals surface area (Å²) in [4.78, 5) is 62.7. The molecule has 1 atom stereocenters. The van der Waals surface area contributed by atoms with Crippen LogP contribution < -0.4 is 15.5 Å². The highest BCUT2D eigenvalue weighted by molar-refractivity contribution is 6.05. The van der Waals surface area contributed by atoms with Gasteiger partial charge in [-0.2, -0.15) is 0 Å². The predicted molar refractivity (Wildman–Crippen MR) is 166 cm³/mol. The number of piperidine rings is 2. The average Bonchev–Trinajstić information content (AvgIpc) is 3.36. The molecule has 222 valence electrons. The Bertz CT molecular complexity index is 1780. The van der Waals surface area contributed by atoms with Crippen molar-refractivity contribution in [3.05, 3.63) is 84.2 Å². The van der Waals surface area contributed by atoms with Gasteiger partial charge in [0, 0.05) is 61.7 Å².